The van der Waals surface area contributed by atoms with E-state index >= 15 is 0 Å². The first-order chi connectivity index (χ1) is 7.59. The highest BCUT2D eigenvalue weighted by atomic mass is 35.5. The Morgan fingerprint density at radius 2 is 2.50 bits per heavy atom. The minimum Gasteiger partial charge on any atom is -0.361 e. The Labute approximate surface area is 99.5 Å². The molecule has 2 unspecified atom stereocenters. The summed E-state index contributed by atoms with van der Waals surface area (Å²) < 4.78 is 5.04. The number of carbonyl (C=O) groups is 1. The zero-order chi connectivity index (χ0) is 11.7. The van der Waals surface area contributed by atoms with E-state index in [0.29, 0.717) is 0 Å². The van der Waals surface area contributed by atoms with Crippen molar-refractivity contribution in [1.82, 2.24) is 10.1 Å². The number of hydrogen-bond donors (Lipinski definition) is 0. The fourth-order valence-electron chi connectivity index (χ4n) is 2.11. The van der Waals surface area contributed by atoms with E-state index in [0.717, 1.165) is 30.8 Å². The summed E-state index contributed by atoms with van der Waals surface area (Å²) in [6.07, 6.45) is 1.92. The van der Waals surface area contributed by atoms with Gasteiger partial charge in [0.25, 0.3) is 0 Å². The summed E-state index contributed by atoms with van der Waals surface area (Å²) in [4.78, 5) is 13.7. The van der Waals surface area contributed by atoms with Crippen molar-refractivity contribution in [2.75, 3.05) is 6.54 Å². The number of rotatable bonds is 2. The van der Waals surface area contributed by atoms with E-state index in [4.69, 9.17) is 16.1 Å². The van der Waals surface area contributed by atoms with E-state index in [1.807, 2.05) is 13.0 Å². The molecule has 5 heteroatoms. The fourth-order valence-corrected chi connectivity index (χ4v) is 2.23. The van der Waals surface area contributed by atoms with Crippen molar-refractivity contribution in [3.8, 4) is 0 Å². The van der Waals surface area contributed by atoms with Gasteiger partial charge in [0.15, 0.2) is 0 Å². The Balaban J connectivity index is 2.18. The molecule has 0 radical (unpaired) electrons. The number of carbonyl (C=O) groups excluding carboxylic acids is 1. The summed E-state index contributed by atoms with van der Waals surface area (Å²) in [5, 5.41) is 3.50. The second kappa shape index (κ2) is 4.45. The van der Waals surface area contributed by atoms with Gasteiger partial charge in [-0.1, -0.05) is 5.16 Å². The topological polar surface area (TPSA) is 46.3 Å². The number of alkyl halides is 1. The van der Waals surface area contributed by atoms with Crippen LogP contribution in [-0.2, 0) is 4.79 Å². The van der Waals surface area contributed by atoms with Crippen LogP contribution in [0, 0.1) is 6.92 Å². The minimum absolute atomic E-state index is 0.0233. The molecule has 1 aliphatic rings. The summed E-state index contributed by atoms with van der Waals surface area (Å²) >= 11 is 5.83. The Morgan fingerprint density at radius 3 is 3.06 bits per heavy atom. The predicted molar refractivity (Wildman–Crippen MR) is 60.2 cm³/mol. The monoisotopic (exact) mass is 242 g/mol. The average Bonchev–Trinajstić information content (AvgIpc) is 2.83. The Bertz CT molecular complexity index is 389. The normalized spacial score (nSPS) is 22.4. The van der Waals surface area contributed by atoms with Crippen molar-refractivity contribution < 1.29 is 9.32 Å². The molecule has 4 nitrogen and oxygen atoms in total. The SMILES string of the molecule is Cc1cc(C2CCCN2C(=O)C(C)Cl)no1. The molecule has 0 saturated carbocycles. The Hall–Kier alpha value is -1.03. The summed E-state index contributed by atoms with van der Waals surface area (Å²) in [6.45, 7) is 4.31. The number of halogens is 1. The van der Waals surface area contributed by atoms with E-state index in [-0.39, 0.29) is 11.9 Å². The molecule has 1 aromatic heterocycles. The lowest BCUT2D eigenvalue weighted by Gasteiger charge is -2.23. The molecule has 0 aromatic carbocycles. The van der Waals surface area contributed by atoms with Crippen LogP contribution < -0.4 is 0 Å². The lowest BCUT2D eigenvalue weighted by molar-refractivity contribution is -0.131. The van der Waals surface area contributed by atoms with Crippen LogP contribution in [0.1, 0.15) is 37.3 Å². The minimum atomic E-state index is -0.478. The first-order valence-corrected chi connectivity index (χ1v) is 5.91. The molecule has 2 rings (SSSR count). The smallest absolute Gasteiger partial charge is 0.240 e. The highest BCUT2D eigenvalue weighted by Crippen LogP contribution is 2.32. The van der Waals surface area contributed by atoms with Crippen LogP contribution in [-0.4, -0.2) is 27.9 Å². The van der Waals surface area contributed by atoms with Crippen LogP contribution in [0.3, 0.4) is 0 Å². The van der Waals surface area contributed by atoms with Crippen molar-refractivity contribution in [3.05, 3.63) is 17.5 Å². The molecule has 0 bridgehead atoms. The molecule has 2 heterocycles. The maximum atomic E-state index is 11.9. The Morgan fingerprint density at radius 1 is 1.75 bits per heavy atom. The number of nitrogens with zero attached hydrogens (tertiary/aromatic N) is 2. The number of hydrogen-bond acceptors (Lipinski definition) is 3. The van der Waals surface area contributed by atoms with Crippen molar-refractivity contribution >= 4 is 17.5 Å². The van der Waals surface area contributed by atoms with Gasteiger partial charge in [-0.2, -0.15) is 0 Å². The molecule has 1 fully saturated rings. The molecule has 16 heavy (non-hydrogen) atoms. The third-order valence-electron chi connectivity index (χ3n) is 2.86. The maximum Gasteiger partial charge on any atom is 0.240 e. The van der Waals surface area contributed by atoms with Gasteiger partial charge in [0.05, 0.1) is 6.04 Å². The average molecular weight is 243 g/mol. The Kier molecular flexibility index (Phi) is 3.19. The van der Waals surface area contributed by atoms with Crippen LogP contribution in [0.25, 0.3) is 0 Å². The molecule has 0 N–H and O–H groups in total. The van der Waals surface area contributed by atoms with Gasteiger partial charge < -0.3 is 9.42 Å². The second-order valence-corrected chi connectivity index (χ2v) is 4.82. The fraction of sp³-hybridized carbons (Fsp3) is 0.636. The molecule has 1 amide bonds. The number of amides is 1. The molecular formula is C11H15ClN2O2. The van der Waals surface area contributed by atoms with Gasteiger partial charge in [-0.3, -0.25) is 4.79 Å². The molecule has 1 aromatic rings. The standard InChI is InChI=1S/C11H15ClN2O2/c1-7-6-9(13-16-7)10-4-3-5-14(10)11(15)8(2)12/h6,8,10H,3-5H2,1-2H3. The van der Waals surface area contributed by atoms with Gasteiger partial charge in [0, 0.05) is 12.6 Å². The largest absolute Gasteiger partial charge is 0.361 e. The third-order valence-corrected chi connectivity index (χ3v) is 3.05. The first-order valence-electron chi connectivity index (χ1n) is 5.47. The summed E-state index contributed by atoms with van der Waals surface area (Å²) in [5.74, 6) is 0.748. The van der Waals surface area contributed by atoms with Crippen molar-refractivity contribution in [1.29, 1.82) is 0 Å². The lowest BCUT2D eigenvalue weighted by atomic mass is 10.1. The third kappa shape index (κ3) is 2.07. The zero-order valence-corrected chi connectivity index (χ0v) is 10.2. The maximum absolute atomic E-state index is 11.9. The lowest BCUT2D eigenvalue weighted by Crippen LogP contribution is -2.35. The van der Waals surface area contributed by atoms with E-state index in [9.17, 15) is 4.79 Å². The van der Waals surface area contributed by atoms with Gasteiger partial charge in [0.1, 0.15) is 16.8 Å². The van der Waals surface area contributed by atoms with Gasteiger partial charge in [-0.15, -0.1) is 11.6 Å². The highest BCUT2D eigenvalue weighted by molar-refractivity contribution is 6.30. The van der Waals surface area contributed by atoms with Crippen molar-refractivity contribution in [2.45, 2.75) is 38.1 Å². The van der Waals surface area contributed by atoms with E-state index in [1.54, 1.807) is 11.8 Å². The van der Waals surface area contributed by atoms with Crippen molar-refractivity contribution in [3.63, 3.8) is 0 Å². The molecule has 88 valence electrons. The van der Waals surface area contributed by atoms with Crippen LogP contribution in [0.5, 0.6) is 0 Å². The van der Waals surface area contributed by atoms with Crippen LogP contribution in [0.2, 0.25) is 0 Å². The molecule has 0 aliphatic carbocycles. The first kappa shape index (κ1) is 11.5. The van der Waals surface area contributed by atoms with Gasteiger partial charge in [-0.05, 0) is 26.7 Å². The quantitative estimate of drug-likeness (QED) is 0.748. The van der Waals surface area contributed by atoms with Gasteiger partial charge in [0.2, 0.25) is 5.91 Å². The summed E-state index contributed by atoms with van der Waals surface area (Å²) in [6, 6.07) is 1.92. The zero-order valence-electron chi connectivity index (χ0n) is 9.44. The number of aryl methyl sites for hydroxylation is 1. The van der Waals surface area contributed by atoms with Gasteiger partial charge >= 0.3 is 0 Å². The van der Waals surface area contributed by atoms with E-state index < -0.39 is 5.38 Å². The van der Waals surface area contributed by atoms with Gasteiger partial charge in [-0.25, -0.2) is 0 Å². The van der Waals surface area contributed by atoms with Crippen LogP contribution >= 0.6 is 11.6 Å². The molecule has 1 aliphatic heterocycles. The number of likely N-dealkylation sites (tertiary alicyclic amines) is 1. The van der Waals surface area contributed by atoms with Crippen molar-refractivity contribution in [2.24, 2.45) is 0 Å². The van der Waals surface area contributed by atoms with Crippen LogP contribution in [0.15, 0.2) is 10.6 Å². The molecular weight excluding hydrogens is 228 g/mol. The highest BCUT2D eigenvalue weighted by Gasteiger charge is 2.33. The summed E-state index contributed by atoms with van der Waals surface area (Å²) in [7, 11) is 0. The predicted octanol–water partition coefficient (Wildman–Crippen LogP) is 2.27. The number of aromatic nitrogens is 1. The summed E-state index contributed by atoms with van der Waals surface area (Å²) in [5.41, 5.74) is 0.834. The van der Waals surface area contributed by atoms with E-state index in [2.05, 4.69) is 5.16 Å². The van der Waals surface area contributed by atoms with E-state index in [1.165, 1.54) is 0 Å². The van der Waals surface area contributed by atoms with Crippen LogP contribution in [0.4, 0.5) is 0 Å². The second-order valence-electron chi connectivity index (χ2n) is 4.17. The molecule has 2 atom stereocenters. The molecule has 1 saturated heterocycles. The molecule has 0 spiro atoms.